The van der Waals surface area contributed by atoms with Crippen LogP contribution in [0.5, 0.6) is 0 Å². The third-order valence-corrected chi connectivity index (χ3v) is 3.84. The van der Waals surface area contributed by atoms with E-state index in [1.54, 1.807) is 0 Å². The highest BCUT2D eigenvalue weighted by Crippen LogP contribution is 2.47. The summed E-state index contributed by atoms with van der Waals surface area (Å²) in [7, 11) is 0. The molecule has 0 heteroatoms. The van der Waals surface area contributed by atoms with Crippen molar-refractivity contribution in [1.82, 2.24) is 0 Å². The molecular weight excluding hydrogens is 156 g/mol. The summed E-state index contributed by atoms with van der Waals surface area (Å²) in [5.41, 5.74) is 0. The lowest BCUT2D eigenvalue weighted by molar-refractivity contribution is 0.316. The van der Waals surface area contributed by atoms with Gasteiger partial charge in [0, 0.05) is 0 Å². The van der Waals surface area contributed by atoms with Gasteiger partial charge in [-0.05, 0) is 36.5 Å². The number of hydrogen-bond acceptors (Lipinski definition) is 0. The summed E-state index contributed by atoms with van der Waals surface area (Å²) < 4.78 is 0. The maximum atomic E-state index is 2.42. The van der Waals surface area contributed by atoms with Crippen LogP contribution in [0.1, 0.15) is 59.8 Å². The normalized spacial score (nSPS) is 31.4. The fraction of sp³-hybridized carbons (Fsp3) is 1.00. The van der Waals surface area contributed by atoms with E-state index in [4.69, 9.17) is 0 Å². The van der Waals surface area contributed by atoms with Crippen molar-refractivity contribution in [3.05, 3.63) is 0 Å². The van der Waals surface area contributed by atoms with Crippen LogP contribution in [0.25, 0.3) is 0 Å². The molecule has 0 aromatic rings. The molecule has 0 N–H and O–H groups in total. The minimum Gasteiger partial charge on any atom is -0.0654 e. The summed E-state index contributed by atoms with van der Waals surface area (Å²) in [5, 5.41) is 0. The molecule has 0 aromatic carbocycles. The Kier molecular flexibility index (Phi) is 4.28. The van der Waals surface area contributed by atoms with Crippen LogP contribution in [0.3, 0.4) is 0 Å². The summed E-state index contributed by atoms with van der Waals surface area (Å²) >= 11 is 0. The van der Waals surface area contributed by atoms with Crippen LogP contribution in [0.4, 0.5) is 0 Å². The molecule has 0 saturated heterocycles. The quantitative estimate of drug-likeness (QED) is 0.567. The molecule has 0 nitrogen and oxygen atoms in total. The highest BCUT2D eigenvalue weighted by Gasteiger charge is 2.38. The average Bonchev–Trinajstić information content (AvgIpc) is 2.81. The molecule has 1 aliphatic rings. The molecule has 4 unspecified atom stereocenters. The molecule has 4 atom stereocenters. The Morgan fingerprint density at radius 3 is 2.31 bits per heavy atom. The van der Waals surface area contributed by atoms with Gasteiger partial charge < -0.3 is 0 Å². The van der Waals surface area contributed by atoms with Crippen molar-refractivity contribution >= 4 is 0 Å². The molecule has 78 valence electrons. The summed E-state index contributed by atoms with van der Waals surface area (Å²) in [6.07, 6.45) is 7.21. The summed E-state index contributed by atoms with van der Waals surface area (Å²) in [5.74, 6) is 4.13. The Morgan fingerprint density at radius 2 is 1.92 bits per heavy atom. The van der Waals surface area contributed by atoms with Gasteiger partial charge in [0.1, 0.15) is 0 Å². The lowest BCUT2D eigenvalue weighted by Gasteiger charge is -2.19. The van der Waals surface area contributed by atoms with Crippen molar-refractivity contribution in [2.24, 2.45) is 23.7 Å². The average molecular weight is 182 g/mol. The topological polar surface area (TPSA) is 0 Å². The minimum absolute atomic E-state index is 0.948. The summed E-state index contributed by atoms with van der Waals surface area (Å²) in [6.45, 7) is 9.49. The van der Waals surface area contributed by atoms with Crippen molar-refractivity contribution in [2.45, 2.75) is 59.8 Å². The van der Waals surface area contributed by atoms with Gasteiger partial charge >= 0.3 is 0 Å². The van der Waals surface area contributed by atoms with Crippen LogP contribution < -0.4 is 0 Å². The number of hydrogen-bond donors (Lipinski definition) is 0. The fourth-order valence-corrected chi connectivity index (χ4v) is 2.57. The van der Waals surface area contributed by atoms with Gasteiger partial charge in [0.05, 0.1) is 0 Å². The van der Waals surface area contributed by atoms with Crippen LogP contribution >= 0.6 is 0 Å². The molecule has 0 aliphatic heterocycles. The van der Waals surface area contributed by atoms with Crippen LogP contribution in [0.2, 0.25) is 0 Å². The predicted molar refractivity (Wildman–Crippen MR) is 59.7 cm³/mol. The van der Waals surface area contributed by atoms with E-state index in [2.05, 4.69) is 27.7 Å². The Morgan fingerprint density at radius 1 is 1.31 bits per heavy atom. The van der Waals surface area contributed by atoms with Gasteiger partial charge in [-0.15, -0.1) is 0 Å². The Labute approximate surface area is 84.1 Å². The van der Waals surface area contributed by atoms with Gasteiger partial charge in [0.25, 0.3) is 0 Å². The Hall–Kier alpha value is 0. The van der Waals surface area contributed by atoms with E-state index in [-0.39, 0.29) is 0 Å². The maximum Gasteiger partial charge on any atom is -0.0357 e. The lowest BCUT2D eigenvalue weighted by Crippen LogP contribution is -2.09. The molecular formula is C13H26. The first-order chi connectivity index (χ1) is 6.19. The molecule has 1 fully saturated rings. The maximum absolute atomic E-state index is 2.42. The van der Waals surface area contributed by atoms with Gasteiger partial charge in [0.2, 0.25) is 0 Å². The summed E-state index contributed by atoms with van der Waals surface area (Å²) in [4.78, 5) is 0. The largest absolute Gasteiger partial charge is 0.0654 e. The molecule has 0 radical (unpaired) electrons. The van der Waals surface area contributed by atoms with Crippen molar-refractivity contribution in [3.63, 3.8) is 0 Å². The number of rotatable bonds is 6. The Balaban J connectivity index is 2.29. The first-order valence-electron chi connectivity index (χ1n) is 6.19. The van der Waals surface area contributed by atoms with E-state index in [0.717, 1.165) is 23.7 Å². The van der Waals surface area contributed by atoms with Gasteiger partial charge in [-0.1, -0.05) is 47.0 Å². The van der Waals surface area contributed by atoms with E-state index in [1.807, 2.05) is 0 Å². The fourth-order valence-electron chi connectivity index (χ4n) is 2.57. The van der Waals surface area contributed by atoms with Crippen molar-refractivity contribution in [1.29, 1.82) is 0 Å². The Bertz CT molecular complexity index is 139. The van der Waals surface area contributed by atoms with Crippen LogP contribution in [0.15, 0.2) is 0 Å². The summed E-state index contributed by atoms with van der Waals surface area (Å²) in [6, 6.07) is 0. The molecule has 0 spiro atoms. The van der Waals surface area contributed by atoms with Crippen LogP contribution in [-0.4, -0.2) is 0 Å². The predicted octanol–water partition coefficient (Wildman–Crippen LogP) is 4.49. The molecule has 0 amide bonds. The van der Waals surface area contributed by atoms with Gasteiger partial charge in [-0.3, -0.25) is 0 Å². The molecule has 1 rings (SSSR count). The van der Waals surface area contributed by atoms with Crippen molar-refractivity contribution in [2.75, 3.05) is 0 Å². The molecule has 1 saturated carbocycles. The zero-order valence-electron chi connectivity index (χ0n) is 9.84. The van der Waals surface area contributed by atoms with Crippen LogP contribution in [0, 0.1) is 23.7 Å². The first-order valence-corrected chi connectivity index (χ1v) is 6.19. The molecule has 0 aromatic heterocycles. The van der Waals surface area contributed by atoms with Gasteiger partial charge in [0.15, 0.2) is 0 Å². The van der Waals surface area contributed by atoms with E-state index in [0.29, 0.717) is 0 Å². The van der Waals surface area contributed by atoms with E-state index in [9.17, 15) is 0 Å². The standard InChI is InChI=1S/C13H26/c1-5-7-12(8-10(3)6-2)13-9-11(13)4/h10-13H,5-9H2,1-4H3. The molecule has 1 aliphatic carbocycles. The van der Waals surface area contributed by atoms with Crippen molar-refractivity contribution in [3.8, 4) is 0 Å². The molecule has 0 heterocycles. The van der Waals surface area contributed by atoms with Gasteiger partial charge in [-0.2, -0.15) is 0 Å². The lowest BCUT2D eigenvalue weighted by atomic mass is 9.86. The first kappa shape index (κ1) is 11.1. The zero-order valence-corrected chi connectivity index (χ0v) is 9.84. The highest BCUT2D eigenvalue weighted by atomic mass is 14.4. The van der Waals surface area contributed by atoms with E-state index in [1.165, 1.54) is 32.1 Å². The van der Waals surface area contributed by atoms with Gasteiger partial charge in [-0.25, -0.2) is 0 Å². The second-order valence-electron chi connectivity index (χ2n) is 5.17. The van der Waals surface area contributed by atoms with Crippen LogP contribution in [-0.2, 0) is 0 Å². The second kappa shape index (κ2) is 5.02. The SMILES string of the molecule is CCCC(CC(C)CC)C1CC1C. The third kappa shape index (κ3) is 3.32. The molecule has 13 heavy (non-hydrogen) atoms. The third-order valence-electron chi connectivity index (χ3n) is 3.84. The monoisotopic (exact) mass is 182 g/mol. The van der Waals surface area contributed by atoms with Crippen molar-refractivity contribution < 1.29 is 0 Å². The van der Waals surface area contributed by atoms with E-state index >= 15 is 0 Å². The van der Waals surface area contributed by atoms with E-state index < -0.39 is 0 Å². The smallest absolute Gasteiger partial charge is 0.0357 e. The minimum atomic E-state index is 0.948. The molecule has 0 bridgehead atoms. The second-order valence-corrected chi connectivity index (χ2v) is 5.17. The highest BCUT2D eigenvalue weighted by molar-refractivity contribution is 4.88. The zero-order chi connectivity index (χ0) is 9.84.